The van der Waals surface area contributed by atoms with E-state index in [1.807, 2.05) is 0 Å². The molecule has 0 aliphatic heterocycles. The highest BCUT2D eigenvalue weighted by Gasteiger charge is 2.56. The Labute approximate surface area is 224 Å². The van der Waals surface area contributed by atoms with Gasteiger partial charge in [0.15, 0.2) is 0 Å². The molecule has 0 aromatic heterocycles. The summed E-state index contributed by atoms with van der Waals surface area (Å²) in [5.41, 5.74) is 4.07. The van der Waals surface area contributed by atoms with Crippen LogP contribution in [0.3, 0.4) is 0 Å². The van der Waals surface area contributed by atoms with Gasteiger partial charge in [0.05, 0.1) is 18.9 Å². The Morgan fingerprint density at radius 2 is 1.57 bits per heavy atom. The molecule has 0 amide bonds. The summed E-state index contributed by atoms with van der Waals surface area (Å²) in [6.07, 6.45) is 17.8. The van der Waals surface area contributed by atoms with Crippen LogP contribution in [0.4, 0.5) is 0 Å². The maximum atomic E-state index is 10.2. The molecule has 4 rings (SSSR count). The number of aliphatic carboxylic acids is 2. The van der Waals surface area contributed by atoms with E-state index in [1.165, 1.54) is 37.7 Å². The van der Waals surface area contributed by atoms with Crippen molar-refractivity contribution in [3.8, 4) is 0 Å². The summed E-state index contributed by atoms with van der Waals surface area (Å²) < 4.78 is 0. The summed E-state index contributed by atoms with van der Waals surface area (Å²) in [6.45, 7) is 14.6. The number of carboxylic acid groups (broad SMARTS) is 2. The summed E-state index contributed by atoms with van der Waals surface area (Å²) in [6, 6.07) is 0. The first-order valence-corrected chi connectivity index (χ1v) is 14.5. The van der Waals surface area contributed by atoms with E-state index in [0.29, 0.717) is 22.7 Å². The molecule has 0 aromatic rings. The lowest BCUT2D eigenvalue weighted by molar-refractivity contribution is -0.143. The molecule has 37 heavy (non-hydrogen) atoms. The predicted molar refractivity (Wildman–Crippen MR) is 148 cm³/mol. The normalized spacial score (nSPS) is 36.3. The van der Waals surface area contributed by atoms with Crippen LogP contribution in [0.1, 0.15) is 99.3 Å². The minimum Gasteiger partial charge on any atom is -0.481 e. The zero-order valence-electron chi connectivity index (χ0n) is 23.9. The van der Waals surface area contributed by atoms with E-state index in [1.54, 1.807) is 5.57 Å². The molecule has 4 aliphatic rings. The Hall–Kier alpha value is -1.88. The van der Waals surface area contributed by atoms with Crippen LogP contribution in [-0.2, 0) is 9.59 Å². The SMILES string of the molecule is CC(/C=C/[C@H](C)C(C)C)[C@H]1CC[C@H]2C3=CC=C4C[C@@H](O)CC[C@]4(C)[C@H]3CC[C@]12C.O=C(O)CCC(=O)O. The maximum absolute atomic E-state index is 10.2. The van der Waals surface area contributed by atoms with Gasteiger partial charge >= 0.3 is 11.9 Å². The van der Waals surface area contributed by atoms with Gasteiger partial charge in [0.25, 0.3) is 0 Å². The van der Waals surface area contributed by atoms with Crippen molar-refractivity contribution in [3.05, 3.63) is 35.5 Å². The molecule has 208 valence electrons. The first kappa shape index (κ1) is 29.7. The van der Waals surface area contributed by atoms with Crippen LogP contribution in [0.15, 0.2) is 35.5 Å². The van der Waals surface area contributed by atoms with Crippen LogP contribution in [-0.4, -0.2) is 33.4 Å². The van der Waals surface area contributed by atoms with Crippen LogP contribution in [0.5, 0.6) is 0 Å². The Morgan fingerprint density at radius 1 is 0.919 bits per heavy atom. The highest BCUT2D eigenvalue weighted by atomic mass is 16.4. The van der Waals surface area contributed by atoms with Crippen LogP contribution in [0.25, 0.3) is 0 Å². The fourth-order valence-corrected chi connectivity index (χ4v) is 7.81. The predicted octanol–water partition coefficient (Wildman–Crippen LogP) is 7.27. The van der Waals surface area contributed by atoms with E-state index >= 15 is 0 Å². The van der Waals surface area contributed by atoms with Gasteiger partial charge in [0, 0.05) is 0 Å². The Bertz CT molecular complexity index is 915. The Balaban J connectivity index is 0.000000414. The van der Waals surface area contributed by atoms with Gasteiger partial charge in [-0.1, -0.05) is 77.0 Å². The second-order valence-electron chi connectivity index (χ2n) is 13.1. The summed E-state index contributed by atoms with van der Waals surface area (Å²) in [5, 5.41) is 26.0. The topological polar surface area (TPSA) is 94.8 Å². The summed E-state index contributed by atoms with van der Waals surface area (Å²) in [5.74, 6) is 2.23. The number of hydrogen-bond donors (Lipinski definition) is 3. The number of rotatable bonds is 7. The third-order valence-corrected chi connectivity index (χ3v) is 10.6. The zero-order chi connectivity index (χ0) is 27.5. The highest BCUT2D eigenvalue weighted by molar-refractivity contribution is 5.75. The van der Waals surface area contributed by atoms with Gasteiger partial charge in [-0.3, -0.25) is 9.59 Å². The van der Waals surface area contributed by atoms with E-state index in [-0.39, 0.29) is 18.9 Å². The lowest BCUT2D eigenvalue weighted by Gasteiger charge is -2.55. The molecule has 3 saturated carbocycles. The van der Waals surface area contributed by atoms with E-state index < -0.39 is 11.9 Å². The molecule has 0 radical (unpaired) electrons. The van der Waals surface area contributed by atoms with E-state index in [0.717, 1.165) is 36.5 Å². The van der Waals surface area contributed by atoms with Crippen molar-refractivity contribution in [1.82, 2.24) is 0 Å². The molecule has 5 nitrogen and oxygen atoms in total. The second kappa shape index (κ2) is 11.9. The molecule has 8 atom stereocenters. The lowest BCUT2D eigenvalue weighted by atomic mass is 9.50. The van der Waals surface area contributed by atoms with Crippen LogP contribution in [0, 0.1) is 46.3 Å². The molecule has 3 N–H and O–H groups in total. The van der Waals surface area contributed by atoms with Crippen LogP contribution in [0.2, 0.25) is 0 Å². The summed E-state index contributed by atoms with van der Waals surface area (Å²) in [7, 11) is 0. The van der Waals surface area contributed by atoms with Gasteiger partial charge < -0.3 is 15.3 Å². The van der Waals surface area contributed by atoms with Gasteiger partial charge in [-0.25, -0.2) is 0 Å². The maximum Gasteiger partial charge on any atom is 0.303 e. The average Bonchev–Trinajstić information content (AvgIpc) is 3.19. The van der Waals surface area contributed by atoms with Crippen LogP contribution < -0.4 is 0 Å². The molecule has 0 aromatic carbocycles. The molecular formula is C32H50O5. The first-order valence-electron chi connectivity index (χ1n) is 14.5. The standard InChI is InChI=1S/C28H44O.C4H6O4/c1-18(2)19(3)7-8-20(4)24-11-12-25-23-10-9-21-17-22(29)13-15-27(21,5)26(23)14-16-28(24,25)6;5-3(6)1-2-4(7)8/h7-10,18-20,22,24-26,29H,11-17H2,1-6H3;1-2H2,(H,5,6)(H,7,8)/b8-7+;/t19-,20?,22-,24+,25-,26-,27-,28+;/m0./s1. The van der Waals surface area contributed by atoms with Gasteiger partial charge in [0.1, 0.15) is 0 Å². The number of allylic oxidation sites excluding steroid dienone is 5. The number of carbonyl (C=O) groups is 2. The molecule has 3 fully saturated rings. The average molecular weight is 515 g/mol. The Kier molecular flexibility index (Phi) is 9.53. The third kappa shape index (κ3) is 6.41. The minimum atomic E-state index is -1.08. The van der Waals surface area contributed by atoms with Crippen LogP contribution >= 0.6 is 0 Å². The van der Waals surface area contributed by atoms with Crippen molar-refractivity contribution in [2.24, 2.45) is 46.3 Å². The van der Waals surface area contributed by atoms with E-state index in [9.17, 15) is 14.7 Å². The molecule has 0 spiro atoms. The molecule has 0 saturated heterocycles. The van der Waals surface area contributed by atoms with E-state index in [4.69, 9.17) is 10.2 Å². The molecule has 0 bridgehead atoms. The molecule has 5 heteroatoms. The number of aliphatic hydroxyl groups is 1. The highest BCUT2D eigenvalue weighted by Crippen LogP contribution is 2.66. The van der Waals surface area contributed by atoms with Gasteiger partial charge in [0.2, 0.25) is 0 Å². The number of aliphatic hydroxyl groups excluding tert-OH is 1. The van der Waals surface area contributed by atoms with E-state index in [2.05, 4.69) is 65.8 Å². The van der Waals surface area contributed by atoms with Crippen molar-refractivity contribution < 1.29 is 24.9 Å². The van der Waals surface area contributed by atoms with Gasteiger partial charge in [-0.2, -0.15) is 0 Å². The fourth-order valence-electron chi connectivity index (χ4n) is 7.81. The minimum absolute atomic E-state index is 0.116. The van der Waals surface area contributed by atoms with Crippen molar-refractivity contribution in [2.75, 3.05) is 0 Å². The van der Waals surface area contributed by atoms with Crippen molar-refractivity contribution in [1.29, 1.82) is 0 Å². The summed E-state index contributed by atoms with van der Waals surface area (Å²) >= 11 is 0. The number of fused-ring (bicyclic) bond motifs is 5. The quantitative estimate of drug-likeness (QED) is 0.311. The Morgan fingerprint density at radius 3 is 2.16 bits per heavy atom. The molecule has 1 unspecified atom stereocenters. The fraction of sp³-hybridized carbons (Fsp3) is 0.750. The number of hydrogen-bond acceptors (Lipinski definition) is 3. The smallest absolute Gasteiger partial charge is 0.303 e. The third-order valence-electron chi connectivity index (χ3n) is 10.6. The summed E-state index contributed by atoms with van der Waals surface area (Å²) in [4.78, 5) is 19.3. The van der Waals surface area contributed by atoms with Crippen molar-refractivity contribution in [2.45, 2.75) is 105 Å². The molecule has 0 heterocycles. The second-order valence-corrected chi connectivity index (χ2v) is 13.1. The van der Waals surface area contributed by atoms with Gasteiger partial charge in [-0.05, 0) is 91.3 Å². The lowest BCUT2D eigenvalue weighted by Crippen LogP contribution is -2.46. The zero-order valence-corrected chi connectivity index (χ0v) is 23.9. The largest absolute Gasteiger partial charge is 0.481 e. The van der Waals surface area contributed by atoms with Crippen molar-refractivity contribution in [3.63, 3.8) is 0 Å². The first-order chi connectivity index (χ1) is 17.3. The number of carboxylic acids is 2. The molecule has 4 aliphatic carbocycles. The monoisotopic (exact) mass is 514 g/mol. The van der Waals surface area contributed by atoms with Gasteiger partial charge in [-0.15, -0.1) is 0 Å². The molecular weight excluding hydrogens is 464 g/mol. The van der Waals surface area contributed by atoms with Crippen molar-refractivity contribution >= 4 is 11.9 Å².